The van der Waals surface area contributed by atoms with Gasteiger partial charge in [-0.1, -0.05) is 13.0 Å². The molecule has 0 unspecified atom stereocenters. The summed E-state index contributed by atoms with van der Waals surface area (Å²) in [5, 5.41) is 0. The molecule has 3 aromatic rings. The highest BCUT2D eigenvalue weighted by molar-refractivity contribution is 7.14. The fourth-order valence-electron chi connectivity index (χ4n) is 3.35. The van der Waals surface area contributed by atoms with E-state index in [2.05, 4.69) is 11.9 Å². The van der Waals surface area contributed by atoms with E-state index in [0.29, 0.717) is 22.1 Å². The lowest BCUT2D eigenvalue weighted by Crippen LogP contribution is -2.16. The van der Waals surface area contributed by atoms with Crippen molar-refractivity contribution in [1.29, 1.82) is 0 Å². The fourth-order valence-corrected chi connectivity index (χ4v) is 4.45. The minimum Gasteiger partial charge on any atom is -0.455 e. The van der Waals surface area contributed by atoms with E-state index in [9.17, 15) is 9.59 Å². The van der Waals surface area contributed by atoms with E-state index in [0.717, 1.165) is 18.4 Å². The summed E-state index contributed by atoms with van der Waals surface area (Å²) in [5.41, 5.74) is 3.09. The van der Waals surface area contributed by atoms with Crippen LogP contribution in [0.3, 0.4) is 0 Å². The molecule has 0 radical (unpaired) electrons. The van der Waals surface area contributed by atoms with Gasteiger partial charge in [-0.25, -0.2) is 9.78 Å². The van der Waals surface area contributed by atoms with E-state index in [1.165, 1.54) is 38.7 Å². The van der Waals surface area contributed by atoms with Gasteiger partial charge in [0.15, 0.2) is 0 Å². The van der Waals surface area contributed by atoms with Gasteiger partial charge in [0.05, 0.1) is 5.69 Å². The highest BCUT2D eigenvalue weighted by Crippen LogP contribution is 2.32. The second kappa shape index (κ2) is 6.68. The Morgan fingerprint density at radius 1 is 1.38 bits per heavy atom. The third kappa shape index (κ3) is 3.29. The van der Waals surface area contributed by atoms with Crippen molar-refractivity contribution < 1.29 is 9.53 Å². The number of ether oxygens (including phenoxy) is 1. The number of aryl methyl sites for hydroxylation is 2. The Bertz CT molecular complexity index is 1050. The van der Waals surface area contributed by atoms with Crippen LogP contribution in [-0.4, -0.2) is 15.4 Å². The van der Waals surface area contributed by atoms with Gasteiger partial charge in [-0.3, -0.25) is 9.20 Å². The molecule has 4 rings (SSSR count). The topological polar surface area (TPSA) is 60.7 Å². The summed E-state index contributed by atoms with van der Waals surface area (Å²) in [5.74, 6) is 0.322. The van der Waals surface area contributed by atoms with Gasteiger partial charge in [-0.05, 0) is 55.4 Å². The Hall–Kier alpha value is -2.47. The van der Waals surface area contributed by atoms with Crippen molar-refractivity contribution >= 4 is 23.0 Å². The predicted molar refractivity (Wildman–Crippen MR) is 101 cm³/mol. The number of aromatic nitrogens is 2. The van der Waals surface area contributed by atoms with E-state index in [1.54, 1.807) is 12.3 Å². The Morgan fingerprint density at radius 2 is 2.23 bits per heavy atom. The molecule has 5 nitrogen and oxygen atoms in total. The Labute approximate surface area is 155 Å². The first-order chi connectivity index (χ1) is 12.5. The van der Waals surface area contributed by atoms with Crippen LogP contribution in [0.5, 0.6) is 0 Å². The van der Waals surface area contributed by atoms with Crippen molar-refractivity contribution in [1.82, 2.24) is 9.38 Å². The standard InChI is InChI=1S/C20H20N2O3S/c1-12-3-5-16-14(7-12)8-17(26-16)20(24)25-11-15-9-19(23)22-10-13(2)4-6-18(22)21-15/h4,6,8-10,12H,3,5,7,11H2,1-2H3/t12-/m1/s1. The summed E-state index contributed by atoms with van der Waals surface area (Å²) in [6.45, 7) is 4.16. The summed E-state index contributed by atoms with van der Waals surface area (Å²) in [6.07, 6.45) is 4.99. The van der Waals surface area contributed by atoms with Crippen molar-refractivity contribution in [2.75, 3.05) is 0 Å². The summed E-state index contributed by atoms with van der Waals surface area (Å²) in [7, 11) is 0. The first kappa shape index (κ1) is 17.0. The molecule has 1 aliphatic carbocycles. The Morgan fingerprint density at radius 3 is 3.08 bits per heavy atom. The first-order valence-electron chi connectivity index (χ1n) is 8.77. The van der Waals surface area contributed by atoms with Crippen molar-refractivity contribution in [3.63, 3.8) is 0 Å². The lowest BCUT2D eigenvalue weighted by Gasteiger charge is -2.16. The van der Waals surface area contributed by atoms with Gasteiger partial charge in [0.2, 0.25) is 0 Å². The molecule has 26 heavy (non-hydrogen) atoms. The van der Waals surface area contributed by atoms with Crippen LogP contribution < -0.4 is 5.56 Å². The summed E-state index contributed by atoms with van der Waals surface area (Å²) in [4.78, 5) is 30.9. The normalized spacial score (nSPS) is 16.5. The molecule has 3 aromatic heterocycles. The van der Waals surface area contributed by atoms with Gasteiger partial charge >= 0.3 is 5.97 Å². The number of pyridine rings is 1. The van der Waals surface area contributed by atoms with Crippen molar-refractivity contribution in [3.05, 3.63) is 67.4 Å². The number of thiophene rings is 1. The summed E-state index contributed by atoms with van der Waals surface area (Å²) in [6, 6.07) is 7.07. The molecule has 0 aliphatic heterocycles. The predicted octanol–water partition coefficient (Wildman–Crippen LogP) is 3.55. The fraction of sp³-hybridized carbons (Fsp3) is 0.350. The molecule has 0 spiro atoms. The molecular weight excluding hydrogens is 348 g/mol. The molecule has 0 N–H and O–H groups in total. The van der Waals surface area contributed by atoms with Gasteiger partial charge in [0, 0.05) is 17.1 Å². The third-order valence-electron chi connectivity index (χ3n) is 4.74. The highest BCUT2D eigenvalue weighted by Gasteiger charge is 2.21. The third-order valence-corrected chi connectivity index (χ3v) is 5.96. The van der Waals surface area contributed by atoms with E-state index >= 15 is 0 Å². The minimum absolute atomic E-state index is 0.00256. The number of rotatable bonds is 3. The van der Waals surface area contributed by atoms with Gasteiger partial charge < -0.3 is 4.74 Å². The number of fused-ring (bicyclic) bond motifs is 2. The van der Waals surface area contributed by atoms with Gasteiger partial charge in [-0.2, -0.15) is 0 Å². The maximum atomic E-state index is 12.4. The van der Waals surface area contributed by atoms with E-state index < -0.39 is 0 Å². The van der Waals surface area contributed by atoms with Crippen molar-refractivity contribution in [3.8, 4) is 0 Å². The molecule has 6 heteroatoms. The van der Waals surface area contributed by atoms with Crippen LogP contribution in [0.4, 0.5) is 0 Å². The number of carbonyl (C=O) groups is 1. The molecule has 1 aliphatic rings. The van der Waals surface area contributed by atoms with Crippen molar-refractivity contribution in [2.24, 2.45) is 5.92 Å². The van der Waals surface area contributed by atoms with Crippen LogP contribution in [0.25, 0.3) is 5.65 Å². The maximum Gasteiger partial charge on any atom is 0.348 e. The molecule has 0 saturated carbocycles. The monoisotopic (exact) mass is 368 g/mol. The molecule has 0 fully saturated rings. The second-order valence-electron chi connectivity index (χ2n) is 7.00. The maximum absolute atomic E-state index is 12.4. The molecular formula is C20H20N2O3S. The number of hydrogen-bond donors (Lipinski definition) is 0. The second-order valence-corrected chi connectivity index (χ2v) is 8.14. The van der Waals surface area contributed by atoms with Crippen molar-refractivity contribution in [2.45, 2.75) is 39.7 Å². The lowest BCUT2D eigenvalue weighted by molar-refractivity contribution is 0.0473. The zero-order chi connectivity index (χ0) is 18.3. The van der Waals surface area contributed by atoms with Crippen LogP contribution >= 0.6 is 11.3 Å². The van der Waals surface area contributed by atoms with Crippen LogP contribution in [-0.2, 0) is 24.2 Å². The van der Waals surface area contributed by atoms with Crippen LogP contribution in [0.15, 0.2) is 35.3 Å². The van der Waals surface area contributed by atoms with E-state index in [-0.39, 0.29) is 18.1 Å². The van der Waals surface area contributed by atoms with Gasteiger partial charge in [-0.15, -0.1) is 11.3 Å². The molecule has 0 saturated heterocycles. The molecule has 134 valence electrons. The SMILES string of the molecule is Cc1ccc2nc(COC(=O)c3cc4c(s3)CC[C@@H](C)C4)cc(=O)n2c1. The zero-order valence-corrected chi connectivity index (χ0v) is 15.6. The van der Waals surface area contributed by atoms with Crippen LogP contribution in [0.2, 0.25) is 0 Å². The smallest absolute Gasteiger partial charge is 0.348 e. The summed E-state index contributed by atoms with van der Waals surface area (Å²) < 4.78 is 6.90. The highest BCUT2D eigenvalue weighted by atomic mass is 32.1. The number of carbonyl (C=O) groups excluding carboxylic acids is 1. The Kier molecular flexibility index (Phi) is 4.36. The molecule has 0 bridgehead atoms. The zero-order valence-electron chi connectivity index (χ0n) is 14.8. The number of hydrogen-bond acceptors (Lipinski definition) is 5. The molecule has 0 aromatic carbocycles. The quantitative estimate of drug-likeness (QED) is 0.664. The van der Waals surface area contributed by atoms with Gasteiger partial charge in [0.25, 0.3) is 5.56 Å². The van der Waals surface area contributed by atoms with E-state index in [1.807, 2.05) is 19.1 Å². The molecule has 3 heterocycles. The lowest BCUT2D eigenvalue weighted by atomic mass is 9.90. The summed E-state index contributed by atoms with van der Waals surface area (Å²) >= 11 is 1.53. The number of nitrogens with zero attached hydrogens (tertiary/aromatic N) is 2. The molecule has 1 atom stereocenters. The van der Waals surface area contributed by atoms with Crippen LogP contribution in [0, 0.1) is 12.8 Å². The van der Waals surface area contributed by atoms with Gasteiger partial charge in [0.1, 0.15) is 17.1 Å². The largest absolute Gasteiger partial charge is 0.455 e. The van der Waals surface area contributed by atoms with Crippen LogP contribution in [0.1, 0.15) is 44.7 Å². The number of esters is 1. The first-order valence-corrected chi connectivity index (χ1v) is 9.59. The average molecular weight is 368 g/mol. The Balaban J connectivity index is 1.50. The minimum atomic E-state index is -0.344. The molecule has 0 amide bonds. The average Bonchev–Trinajstić information content (AvgIpc) is 3.03. The van der Waals surface area contributed by atoms with E-state index in [4.69, 9.17) is 4.74 Å².